The lowest BCUT2D eigenvalue weighted by atomic mass is 10.1. The zero-order valence-electron chi connectivity index (χ0n) is 19.0. The molecule has 1 amide bonds. The van der Waals surface area contributed by atoms with Crippen LogP contribution < -0.4 is 9.64 Å². The van der Waals surface area contributed by atoms with Crippen molar-refractivity contribution in [2.75, 3.05) is 43.9 Å². The third-order valence-electron chi connectivity index (χ3n) is 5.46. The van der Waals surface area contributed by atoms with E-state index in [9.17, 15) is 43.9 Å². The van der Waals surface area contributed by atoms with Gasteiger partial charge in [-0.25, -0.2) is 17.2 Å². The van der Waals surface area contributed by atoms with Gasteiger partial charge >= 0.3 is 12.1 Å². The quantitative estimate of drug-likeness (QED) is 0.506. The molecule has 0 N–H and O–H groups in total. The number of carbonyl (C=O) groups excluding carboxylic acids is 1. The number of rotatable bonds is 6. The van der Waals surface area contributed by atoms with Crippen molar-refractivity contribution >= 4 is 21.4 Å². The van der Waals surface area contributed by atoms with Gasteiger partial charge in [0.2, 0.25) is 0 Å². The Balaban J connectivity index is 1.85. The van der Waals surface area contributed by atoms with E-state index in [1.165, 1.54) is 4.90 Å². The second-order valence-electron chi connectivity index (χ2n) is 8.10. The first-order chi connectivity index (χ1) is 17.0. The smallest absolute Gasteiger partial charge is 0.456 e. The third-order valence-corrected chi connectivity index (χ3v) is 6.57. The molecule has 0 atom stereocenters. The lowest BCUT2D eigenvalue weighted by Gasteiger charge is -2.36. The minimum absolute atomic E-state index is 0.112. The molecule has 0 radical (unpaired) electrons. The summed E-state index contributed by atoms with van der Waals surface area (Å²) >= 11 is 0. The largest absolute Gasteiger partial charge is 0.486 e. The van der Waals surface area contributed by atoms with Gasteiger partial charge < -0.3 is 14.5 Å². The van der Waals surface area contributed by atoms with Crippen LogP contribution in [0.4, 0.5) is 36.4 Å². The highest BCUT2D eigenvalue weighted by Crippen LogP contribution is 2.36. The van der Waals surface area contributed by atoms with Crippen molar-refractivity contribution in [2.24, 2.45) is 0 Å². The van der Waals surface area contributed by atoms with Crippen LogP contribution in [0.3, 0.4) is 0 Å². The number of alkyl halides is 5. The highest BCUT2D eigenvalue weighted by Gasteiger charge is 2.58. The van der Waals surface area contributed by atoms with Crippen LogP contribution in [0.1, 0.15) is 15.9 Å². The van der Waals surface area contributed by atoms with Crippen molar-refractivity contribution in [3.63, 3.8) is 0 Å². The summed E-state index contributed by atoms with van der Waals surface area (Å²) in [6, 6.07) is 5.78. The number of hydrogen-bond acceptors (Lipinski definition) is 6. The SMILES string of the molecule is CS(=O)(=O)c1ccc(OCC(F)(F)C(F)(F)F)c(C(=O)N2CCN(c3c(F)cc(C#N)cc3F)CC2)c1. The van der Waals surface area contributed by atoms with E-state index in [-0.39, 0.29) is 31.7 Å². The fraction of sp³-hybridized carbons (Fsp3) is 0.364. The molecule has 0 bridgehead atoms. The van der Waals surface area contributed by atoms with Crippen LogP contribution in [0.5, 0.6) is 5.75 Å². The van der Waals surface area contributed by atoms with Gasteiger partial charge in [-0.05, 0) is 30.3 Å². The monoisotopic (exact) mass is 553 g/mol. The second kappa shape index (κ2) is 10.1. The van der Waals surface area contributed by atoms with E-state index in [2.05, 4.69) is 4.74 Å². The lowest BCUT2D eigenvalue weighted by molar-refractivity contribution is -0.290. The van der Waals surface area contributed by atoms with Crippen molar-refractivity contribution in [3.8, 4) is 11.8 Å². The van der Waals surface area contributed by atoms with E-state index in [0.29, 0.717) is 0 Å². The van der Waals surface area contributed by atoms with Crippen molar-refractivity contribution in [1.29, 1.82) is 5.26 Å². The number of carbonyl (C=O) groups is 1. The van der Waals surface area contributed by atoms with E-state index < -0.39 is 68.0 Å². The molecule has 0 aliphatic carbocycles. The van der Waals surface area contributed by atoms with Crippen molar-refractivity contribution in [3.05, 3.63) is 53.1 Å². The first kappa shape index (κ1) is 28.0. The molecular weight excluding hydrogens is 535 g/mol. The van der Waals surface area contributed by atoms with Gasteiger partial charge in [0.05, 0.1) is 22.1 Å². The number of anilines is 1. The van der Waals surface area contributed by atoms with Crippen LogP contribution in [0.2, 0.25) is 0 Å². The Bertz CT molecular complexity index is 1330. The standard InChI is InChI=1S/C22H18F7N3O4S/c1-37(34,35)14-2-3-18(36-12-21(25,26)22(27,28)29)15(10-14)20(33)32-6-4-31(5-7-32)19-16(23)8-13(11-30)9-17(19)24/h2-3,8-10H,4-7,12H2,1H3. The molecule has 15 heteroatoms. The number of nitrogens with zero attached hydrogens (tertiary/aromatic N) is 3. The summed E-state index contributed by atoms with van der Waals surface area (Å²) in [7, 11) is -3.90. The van der Waals surface area contributed by atoms with Gasteiger partial charge in [-0.1, -0.05) is 0 Å². The van der Waals surface area contributed by atoms with Crippen LogP contribution in [-0.4, -0.2) is 70.4 Å². The Morgan fingerprint density at radius 2 is 1.59 bits per heavy atom. The maximum absolute atomic E-state index is 14.3. The minimum Gasteiger partial charge on any atom is -0.486 e. The number of amides is 1. The van der Waals surface area contributed by atoms with Gasteiger partial charge in [0, 0.05) is 32.4 Å². The van der Waals surface area contributed by atoms with E-state index in [0.717, 1.165) is 41.5 Å². The predicted molar refractivity (Wildman–Crippen MR) is 115 cm³/mol. The van der Waals surface area contributed by atoms with Crippen LogP contribution in [0.15, 0.2) is 35.2 Å². The number of hydrogen-bond donors (Lipinski definition) is 0. The summed E-state index contributed by atoms with van der Waals surface area (Å²) in [6.45, 7) is -2.71. The molecule has 1 aliphatic heterocycles. The van der Waals surface area contributed by atoms with E-state index in [4.69, 9.17) is 5.26 Å². The summed E-state index contributed by atoms with van der Waals surface area (Å²) in [5.74, 6) is -8.90. The molecule has 200 valence electrons. The number of piperazine rings is 1. The summed E-state index contributed by atoms with van der Waals surface area (Å²) < 4.78 is 121. The summed E-state index contributed by atoms with van der Waals surface area (Å²) in [5.41, 5.74) is -1.24. The Kier molecular flexibility index (Phi) is 7.64. The zero-order valence-corrected chi connectivity index (χ0v) is 19.8. The molecule has 0 spiro atoms. The minimum atomic E-state index is -5.92. The molecule has 0 unspecified atom stereocenters. The highest BCUT2D eigenvalue weighted by molar-refractivity contribution is 7.90. The Morgan fingerprint density at radius 1 is 1.03 bits per heavy atom. The predicted octanol–water partition coefficient (Wildman–Crippen LogP) is 3.78. The molecule has 0 aromatic heterocycles. The average Bonchev–Trinajstić information content (AvgIpc) is 2.80. The van der Waals surface area contributed by atoms with E-state index >= 15 is 0 Å². The Hall–Kier alpha value is -3.54. The summed E-state index contributed by atoms with van der Waals surface area (Å²) in [6.07, 6.45) is -5.12. The van der Waals surface area contributed by atoms with Gasteiger partial charge in [-0.3, -0.25) is 4.79 Å². The maximum Gasteiger partial charge on any atom is 0.456 e. The van der Waals surface area contributed by atoms with Crippen LogP contribution >= 0.6 is 0 Å². The van der Waals surface area contributed by atoms with E-state index in [1.807, 2.05) is 0 Å². The summed E-state index contributed by atoms with van der Waals surface area (Å²) in [4.78, 5) is 15.1. The lowest BCUT2D eigenvalue weighted by Crippen LogP contribution is -2.49. The molecule has 2 aromatic rings. The number of benzene rings is 2. The normalized spacial score (nSPS) is 14.9. The molecular formula is C22H18F7N3O4S. The topological polar surface area (TPSA) is 90.7 Å². The van der Waals surface area contributed by atoms with Gasteiger partial charge in [-0.15, -0.1) is 0 Å². The van der Waals surface area contributed by atoms with Gasteiger partial charge in [0.15, 0.2) is 28.1 Å². The first-order valence-electron chi connectivity index (χ1n) is 10.4. The number of halogens is 7. The molecule has 1 heterocycles. The zero-order chi connectivity index (χ0) is 27.8. The molecule has 37 heavy (non-hydrogen) atoms. The van der Waals surface area contributed by atoms with Crippen molar-refractivity contribution < 1.29 is 48.7 Å². The van der Waals surface area contributed by atoms with Gasteiger partial charge in [0.25, 0.3) is 5.91 Å². The van der Waals surface area contributed by atoms with Crippen molar-refractivity contribution in [1.82, 2.24) is 4.90 Å². The summed E-state index contributed by atoms with van der Waals surface area (Å²) in [5, 5.41) is 8.82. The van der Waals surface area contributed by atoms with E-state index in [1.54, 1.807) is 6.07 Å². The van der Waals surface area contributed by atoms with Crippen LogP contribution in [0.25, 0.3) is 0 Å². The molecule has 1 saturated heterocycles. The molecule has 2 aromatic carbocycles. The molecule has 1 fully saturated rings. The fourth-order valence-corrected chi connectivity index (χ4v) is 4.17. The highest BCUT2D eigenvalue weighted by atomic mass is 32.2. The molecule has 7 nitrogen and oxygen atoms in total. The number of sulfone groups is 1. The fourth-order valence-electron chi connectivity index (χ4n) is 3.52. The first-order valence-corrected chi connectivity index (χ1v) is 12.3. The van der Waals surface area contributed by atoms with Gasteiger partial charge in [-0.2, -0.15) is 27.2 Å². The third kappa shape index (κ3) is 6.07. The average molecular weight is 553 g/mol. The maximum atomic E-state index is 14.3. The second-order valence-corrected chi connectivity index (χ2v) is 10.1. The Labute approximate surface area is 206 Å². The molecule has 0 saturated carbocycles. The van der Waals surface area contributed by atoms with Crippen molar-refractivity contribution in [2.45, 2.75) is 17.0 Å². The Morgan fingerprint density at radius 3 is 2.08 bits per heavy atom. The number of nitriles is 1. The van der Waals surface area contributed by atoms with Crippen LogP contribution in [-0.2, 0) is 9.84 Å². The van der Waals surface area contributed by atoms with Crippen LogP contribution in [0, 0.1) is 23.0 Å². The molecule has 3 rings (SSSR count). The number of ether oxygens (including phenoxy) is 1. The van der Waals surface area contributed by atoms with Gasteiger partial charge in [0.1, 0.15) is 11.4 Å². The molecule has 1 aliphatic rings.